The van der Waals surface area contributed by atoms with Crippen LogP contribution < -0.4 is 0 Å². The van der Waals surface area contributed by atoms with Crippen LogP contribution in [-0.2, 0) is 20.0 Å². The van der Waals surface area contributed by atoms with Crippen molar-refractivity contribution in [2.24, 2.45) is 5.92 Å². The second-order valence-electron chi connectivity index (χ2n) is 5.34. The number of hydrogen-bond acceptors (Lipinski definition) is 3. The molecule has 116 valence electrons. The molecule has 1 aromatic carbocycles. The van der Waals surface area contributed by atoms with E-state index in [0.29, 0.717) is 18.9 Å². The molecule has 0 radical (unpaired) electrons. The summed E-state index contributed by atoms with van der Waals surface area (Å²) in [5.74, 6) is -0.718. The summed E-state index contributed by atoms with van der Waals surface area (Å²) in [6, 6.07) is 7.38. The van der Waals surface area contributed by atoms with Gasteiger partial charge in [-0.15, -0.1) is 0 Å². The fourth-order valence-electron chi connectivity index (χ4n) is 2.22. The highest BCUT2D eigenvalue weighted by atomic mass is 31.2. The minimum Gasteiger partial charge on any atom is -0.478 e. The molecule has 1 rings (SSSR count). The minimum absolute atomic E-state index is 0.282. The highest BCUT2D eigenvalue weighted by Crippen LogP contribution is 2.52. The SMILES string of the molecule is CCOP(=O)(Cc1ccccc1/C=C/C(=O)O)CC(C)C. The Labute approximate surface area is 126 Å². The van der Waals surface area contributed by atoms with Crippen molar-refractivity contribution in [3.05, 3.63) is 41.5 Å². The van der Waals surface area contributed by atoms with Crippen molar-refractivity contribution < 1.29 is 19.0 Å². The monoisotopic (exact) mass is 310 g/mol. The first kappa shape index (κ1) is 17.7. The normalized spacial score (nSPS) is 14.5. The van der Waals surface area contributed by atoms with Crippen LogP contribution in [-0.4, -0.2) is 23.8 Å². The highest BCUT2D eigenvalue weighted by molar-refractivity contribution is 7.58. The Balaban J connectivity index is 3.04. The van der Waals surface area contributed by atoms with E-state index in [9.17, 15) is 9.36 Å². The third-order valence-corrected chi connectivity index (χ3v) is 5.72. The number of carboxylic acids is 1. The van der Waals surface area contributed by atoms with Crippen molar-refractivity contribution in [2.45, 2.75) is 26.9 Å². The van der Waals surface area contributed by atoms with Gasteiger partial charge in [0.2, 0.25) is 7.37 Å². The van der Waals surface area contributed by atoms with Crippen molar-refractivity contribution in [3.63, 3.8) is 0 Å². The number of benzene rings is 1. The van der Waals surface area contributed by atoms with Crippen LogP contribution in [0.2, 0.25) is 0 Å². The molecule has 21 heavy (non-hydrogen) atoms. The first-order valence-electron chi connectivity index (χ1n) is 7.08. The Bertz CT molecular complexity index is 549. The molecule has 1 unspecified atom stereocenters. The zero-order valence-electron chi connectivity index (χ0n) is 12.8. The summed E-state index contributed by atoms with van der Waals surface area (Å²) in [5.41, 5.74) is 1.62. The summed E-state index contributed by atoms with van der Waals surface area (Å²) in [6.07, 6.45) is 3.48. The minimum atomic E-state index is -2.75. The molecule has 1 atom stereocenters. The summed E-state index contributed by atoms with van der Waals surface area (Å²) in [4.78, 5) is 10.7. The number of rotatable bonds is 8. The largest absolute Gasteiger partial charge is 0.478 e. The van der Waals surface area contributed by atoms with Gasteiger partial charge in [0, 0.05) is 12.2 Å². The summed E-state index contributed by atoms with van der Waals surface area (Å²) in [7, 11) is -2.75. The van der Waals surface area contributed by atoms with Gasteiger partial charge in [-0.1, -0.05) is 38.1 Å². The topological polar surface area (TPSA) is 63.6 Å². The van der Waals surface area contributed by atoms with Crippen LogP contribution in [0.1, 0.15) is 31.9 Å². The lowest BCUT2D eigenvalue weighted by molar-refractivity contribution is -0.131. The van der Waals surface area contributed by atoms with E-state index in [-0.39, 0.29) is 5.92 Å². The highest BCUT2D eigenvalue weighted by Gasteiger charge is 2.25. The van der Waals surface area contributed by atoms with Crippen LogP contribution in [0.5, 0.6) is 0 Å². The molecule has 0 amide bonds. The summed E-state index contributed by atoms with van der Waals surface area (Å²) in [5, 5.41) is 8.74. The number of carboxylic acid groups (broad SMARTS) is 1. The Morgan fingerprint density at radius 3 is 2.62 bits per heavy atom. The molecule has 0 aromatic heterocycles. The van der Waals surface area contributed by atoms with Crippen molar-refractivity contribution in [3.8, 4) is 0 Å². The van der Waals surface area contributed by atoms with E-state index in [1.54, 1.807) is 0 Å². The third kappa shape index (κ3) is 6.28. The molecule has 0 aliphatic heterocycles. The van der Waals surface area contributed by atoms with Crippen LogP contribution in [0.3, 0.4) is 0 Å². The second-order valence-corrected chi connectivity index (χ2v) is 7.91. The van der Waals surface area contributed by atoms with E-state index >= 15 is 0 Å². The molecule has 0 bridgehead atoms. The van der Waals surface area contributed by atoms with Crippen LogP contribution in [0, 0.1) is 5.92 Å². The Morgan fingerprint density at radius 1 is 1.38 bits per heavy atom. The number of aliphatic carboxylic acids is 1. The van der Waals surface area contributed by atoms with Crippen molar-refractivity contribution in [1.82, 2.24) is 0 Å². The van der Waals surface area contributed by atoms with Gasteiger partial charge in [0.1, 0.15) is 0 Å². The van der Waals surface area contributed by atoms with Gasteiger partial charge in [0.25, 0.3) is 0 Å². The Kier molecular flexibility index (Phi) is 6.86. The van der Waals surface area contributed by atoms with Crippen LogP contribution in [0.25, 0.3) is 6.08 Å². The summed E-state index contributed by atoms with van der Waals surface area (Å²) < 4.78 is 18.5. The van der Waals surface area contributed by atoms with Crippen LogP contribution in [0.15, 0.2) is 30.3 Å². The first-order valence-corrected chi connectivity index (χ1v) is 9.07. The maximum Gasteiger partial charge on any atom is 0.328 e. The molecule has 0 saturated carbocycles. The van der Waals surface area contributed by atoms with E-state index in [1.807, 2.05) is 45.0 Å². The molecule has 0 saturated heterocycles. The zero-order chi connectivity index (χ0) is 15.9. The van der Waals surface area contributed by atoms with Gasteiger partial charge in [-0.25, -0.2) is 4.79 Å². The average Bonchev–Trinajstić information content (AvgIpc) is 2.36. The quantitative estimate of drug-likeness (QED) is 0.576. The Morgan fingerprint density at radius 2 is 2.05 bits per heavy atom. The maximum atomic E-state index is 12.9. The molecule has 0 heterocycles. The van der Waals surface area contributed by atoms with E-state index in [2.05, 4.69) is 0 Å². The summed E-state index contributed by atoms with van der Waals surface area (Å²) in [6.45, 7) is 6.28. The number of carbonyl (C=O) groups is 1. The smallest absolute Gasteiger partial charge is 0.328 e. The van der Waals surface area contributed by atoms with Crippen molar-refractivity contribution in [2.75, 3.05) is 12.8 Å². The van der Waals surface area contributed by atoms with E-state index in [4.69, 9.17) is 9.63 Å². The molecule has 0 aliphatic rings. The number of hydrogen-bond donors (Lipinski definition) is 1. The van der Waals surface area contributed by atoms with E-state index in [1.165, 1.54) is 6.08 Å². The molecule has 0 aliphatic carbocycles. The van der Waals surface area contributed by atoms with E-state index < -0.39 is 13.3 Å². The van der Waals surface area contributed by atoms with Gasteiger partial charge >= 0.3 is 5.97 Å². The molecular weight excluding hydrogens is 287 g/mol. The molecule has 4 nitrogen and oxygen atoms in total. The van der Waals surface area contributed by atoms with Gasteiger partial charge in [-0.3, -0.25) is 4.57 Å². The zero-order valence-corrected chi connectivity index (χ0v) is 13.7. The van der Waals surface area contributed by atoms with Gasteiger partial charge in [0.05, 0.1) is 12.8 Å². The predicted molar refractivity (Wildman–Crippen MR) is 85.8 cm³/mol. The molecular formula is C16H23O4P. The molecule has 1 aromatic rings. The molecule has 0 spiro atoms. The van der Waals surface area contributed by atoms with Gasteiger partial charge in [0.15, 0.2) is 0 Å². The summed E-state index contributed by atoms with van der Waals surface area (Å²) >= 11 is 0. The average molecular weight is 310 g/mol. The first-order chi connectivity index (χ1) is 9.86. The Hall–Kier alpha value is -1.38. The fraction of sp³-hybridized carbons (Fsp3) is 0.438. The predicted octanol–water partition coefficient (Wildman–Crippen LogP) is 4.26. The van der Waals surface area contributed by atoms with Gasteiger partial charge < -0.3 is 9.63 Å². The second kappa shape index (κ2) is 8.16. The van der Waals surface area contributed by atoms with Crippen molar-refractivity contribution in [1.29, 1.82) is 0 Å². The molecule has 5 heteroatoms. The standard InChI is InChI=1S/C16H23O4P/c1-4-20-21(19,11-13(2)3)12-15-8-6-5-7-14(15)9-10-16(17)18/h5-10,13H,4,11-12H2,1-3H3,(H,17,18)/b10-9+. The van der Waals surface area contributed by atoms with Crippen molar-refractivity contribution >= 4 is 19.4 Å². The molecule has 0 fully saturated rings. The van der Waals surface area contributed by atoms with E-state index in [0.717, 1.165) is 17.2 Å². The lowest BCUT2D eigenvalue weighted by atomic mass is 10.1. The van der Waals surface area contributed by atoms with Crippen LogP contribution >= 0.6 is 7.37 Å². The fourth-order valence-corrected chi connectivity index (χ4v) is 4.93. The lowest BCUT2D eigenvalue weighted by Crippen LogP contribution is -2.05. The maximum absolute atomic E-state index is 12.9. The molecule has 1 N–H and O–H groups in total. The lowest BCUT2D eigenvalue weighted by Gasteiger charge is -2.20. The van der Waals surface area contributed by atoms with Crippen LogP contribution in [0.4, 0.5) is 0 Å². The van der Waals surface area contributed by atoms with Gasteiger partial charge in [-0.05, 0) is 30.0 Å². The van der Waals surface area contributed by atoms with Gasteiger partial charge in [-0.2, -0.15) is 0 Å². The third-order valence-electron chi connectivity index (χ3n) is 2.88.